The fraction of sp³-hybridized carbons (Fsp3) is 0.800. The molecule has 0 saturated heterocycles. The second-order valence-corrected chi connectivity index (χ2v) is 3.94. The molecular weight excluding hydrogens is 194 g/mol. The number of hydrogen-bond donors (Lipinski definition) is 2. The van der Waals surface area contributed by atoms with Gasteiger partial charge in [-0.2, -0.15) is 5.10 Å². The van der Waals surface area contributed by atoms with Crippen molar-refractivity contribution in [2.24, 2.45) is 16.8 Å². The van der Waals surface area contributed by atoms with Crippen molar-refractivity contribution in [1.82, 2.24) is 5.43 Å². The molecule has 0 unspecified atom stereocenters. The minimum absolute atomic E-state index is 0.232. The summed E-state index contributed by atoms with van der Waals surface area (Å²) in [6, 6.07) is 0. The molecule has 82 valence electrons. The van der Waals surface area contributed by atoms with Crippen molar-refractivity contribution in [3.05, 3.63) is 0 Å². The first-order chi connectivity index (χ1) is 6.61. The normalized spacial score (nSPS) is 11.9. The molecule has 0 aromatic heterocycles. The molecule has 0 bridgehead atoms. The van der Waals surface area contributed by atoms with Crippen LogP contribution in [0.4, 0.5) is 0 Å². The van der Waals surface area contributed by atoms with Gasteiger partial charge in [-0.1, -0.05) is 26.7 Å². The van der Waals surface area contributed by atoms with Crippen LogP contribution in [0.5, 0.6) is 0 Å². The van der Waals surface area contributed by atoms with E-state index in [1.165, 1.54) is 25.7 Å². The first kappa shape index (κ1) is 13.4. The van der Waals surface area contributed by atoms with E-state index in [0.717, 1.165) is 5.71 Å². The molecule has 0 aliphatic heterocycles. The van der Waals surface area contributed by atoms with Crippen LogP contribution < -0.4 is 11.2 Å². The van der Waals surface area contributed by atoms with Crippen LogP contribution in [-0.2, 0) is 0 Å². The highest BCUT2D eigenvalue weighted by molar-refractivity contribution is 7.80. The van der Waals surface area contributed by atoms with Gasteiger partial charge in [0.2, 0.25) is 0 Å². The summed E-state index contributed by atoms with van der Waals surface area (Å²) in [6.07, 6.45) is 4.74. The maximum atomic E-state index is 5.30. The lowest BCUT2D eigenvalue weighted by Crippen LogP contribution is -2.26. The zero-order valence-electron chi connectivity index (χ0n) is 9.34. The lowest BCUT2D eigenvalue weighted by atomic mass is 9.94. The average molecular weight is 215 g/mol. The standard InChI is InChI=1S/C10H21N3S/c1-4-6-9(7-5-2)8(3)12-13-10(11)14/h9H,4-7H2,1-3H3,(H3,11,13,14)/b12-8-. The summed E-state index contributed by atoms with van der Waals surface area (Å²) in [5, 5.41) is 4.39. The van der Waals surface area contributed by atoms with Crippen LogP contribution in [0.3, 0.4) is 0 Å². The summed E-state index contributed by atoms with van der Waals surface area (Å²) >= 11 is 4.69. The third kappa shape index (κ3) is 5.91. The number of nitrogens with two attached hydrogens (primary N) is 1. The fourth-order valence-corrected chi connectivity index (χ4v) is 1.54. The van der Waals surface area contributed by atoms with Gasteiger partial charge >= 0.3 is 0 Å². The average Bonchev–Trinajstić information content (AvgIpc) is 2.14. The summed E-state index contributed by atoms with van der Waals surface area (Å²) in [4.78, 5) is 0. The van der Waals surface area contributed by atoms with Gasteiger partial charge < -0.3 is 5.73 Å². The largest absolute Gasteiger partial charge is 0.375 e. The van der Waals surface area contributed by atoms with Crippen LogP contribution in [0.15, 0.2) is 5.10 Å². The van der Waals surface area contributed by atoms with Crippen molar-refractivity contribution in [2.75, 3.05) is 0 Å². The molecule has 3 N–H and O–H groups in total. The fourth-order valence-electron chi connectivity index (χ4n) is 1.49. The van der Waals surface area contributed by atoms with Gasteiger partial charge in [0.1, 0.15) is 0 Å². The van der Waals surface area contributed by atoms with Gasteiger partial charge in [-0.05, 0) is 37.9 Å². The molecule has 0 aliphatic rings. The Balaban J connectivity index is 4.17. The molecule has 14 heavy (non-hydrogen) atoms. The molecular formula is C10H21N3S. The molecule has 0 radical (unpaired) electrons. The molecule has 0 amide bonds. The second-order valence-electron chi connectivity index (χ2n) is 3.50. The van der Waals surface area contributed by atoms with Gasteiger partial charge in [0.25, 0.3) is 0 Å². The number of hydrazone groups is 1. The monoisotopic (exact) mass is 215 g/mol. The quantitative estimate of drug-likeness (QED) is 0.406. The van der Waals surface area contributed by atoms with E-state index in [1.807, 2.05) is 6.92 Å². The van der Waals surface area contributed by atoms with Gasteiger partial charge in [0.15, 0.2) is 5.11 Å². The first-order valence-electron chi connectivity index (χ1n) is 5.21. The number of rotatable bonds is 6. The lowest BCUT2D eigenvalue weighted by molar-refractivity contribution is 0.554. The van der Waals surface area contributed by atoms with E-state index < -0.39 is 0 Å². The van der Waals surface area contributed by atoms with Crippen LogP contribution in [0.1, 0.15) is 46.5 Å². The maximum absolute atomic E-state index is 5.30. The third-order valence-electron chi connectivity index (χ3n) is 2.21. The number of hydrogen-bond acceptors (Lipinski definition) is 2. The van der Waals surface area contributed by atoms with E-state index in [-0.39, 0.29) is 5.11 Å². The summed E-state index contributed by atoms with van der Waals surface area (Å²) in [5.74, 6) is 0.562. The lowest BCUT2D eigenvalue weighted by Gasteiger charge is -2.14. The highest BCUT2D eigenvalue weighted by Crippen LogP contribution is 2.15. The topological polar surface area (TPSA) is 50.4 Å². The van der Waals surface area contributed by atoms with Crippen LogP contribution >= 0.6 is 12.2 Å². The van der Waals surface area contributed by atoms with E-state index in [4.69, 9.17) is 5.73 Å². The first-order valence-corrected chi connectivity index (χ1v) is 5.62. The van der Waals surface area contributed by atoms with Gasteiger partial charge in [-0.3, -0.25) is 5.43 Å². The highest BCUT2D eigenvalue weighted by atomic mass is 32.1. The Hall–Kier alpha value is -0.640. The second kappa shape index (κ2) is 7.74. The Bertz CT molecular complexity index is 196. The van der Waals surface area contributed by atoms with Gasteiger partial charge in [-0.15, -0.1) is 0 Å². The molecule has 0 saturated carbocycles. The van der Waals surface area contributed by atoms with Crippen LogP contribution in [-0.4, -0.2) is 10.8 Å². The van der Waals surface area contributed by atoms with E-state index in [9.17, 15) is 0 Å². The van der Waals surface area contributed by atoms with E-state index in [2.05, 4.69) is 36.6 Å². The summed E-state index contributed by atoms with van der Waals surface area (Å²) < 4.78 is 0. The Kier molecular flexibility index (Phi) is 7.38. The van der Waals surface area contributed by atoms with Crippen molar-refractivity contribution in [1.29, 1.82) is 0 Å². The molecule has 0 aromatic rings. The minimum atomic E-state index is 0.232. The van der Waals surface area contributed by atoms with Gasteiger partial charge in [0.05, 0.1) is 0 Å². The van der Waals surface area contributed by atoms with E-state index >= 15 is 0 Å². The van der Waals surface area contributed by atoms with Crippen molar-refractivity contribution in [3.63, 3.8) is 0 Å². The molecule has 0 atom stereocenters. The number of nitrogens with one attached hydrogen (secondary N) is 1. The molecule has 3 nitrogen and oxygen atoms in total. The smallest absolute Gasteiger partial charge is 0.184 e. The maximum Gasteiger partial charge on any atom is 0.184 e. The predicted octanol–water partition coefficient (Wildman–Crippen LogP) is 2.41. The van der Waals surface area contributed by atoms with Gasteiger partial charge in [-0.25, -0.2) is 0 Å². The zero-order valence-corrected chi connectivity index (χ0v) is 10.2. The van der Waals surface area contributed by atoms with Crippen LogP contribution in [0.2, 0.25) is 0 Å². The Labute approximate surface area is 92.1 Å². The van der Waals surface area contributed by atoms with E-state index in [0.29, 0.717) is 5.92 Å². The molecule has 0 heterocycles. The summed E-state index contributed by atoms with van der Waals surface area (Å²) in [6.45, 7) is 6.41. The van der Waals surface area contributed by atoms with Gasteiger partial charge in [0, 0.05) is 5.71 Å². The van der Waals surface area contributed by atoms with Crippen molar-refractivity contribution < 1.29 is 0 Å². The summed E-state index contributed by atoms with van der Waals surface area (Å²) in [7, 11) is 0. The highest BCUT2D eigenvalue weighted by Gasteiger charge is 2.09. The molecule has 0 aromatic carbocycles. The van der Waals surface area contributed by atoms with Crippen LogP contribution in [0.25, 0.3) is 0 Å². The Morgan fingerprint density at radius 1 is 1.36 bits per heavy atom. The predicted molar refractivity (Wildman–Crippen MR) is 66.3 cm³/mol. The summed E-state index contributed by atoms with van der Waals surface area (Å²) in [5.41, 5.74) is 9.04. The van der Waals surface area contributed by atoms with Crippen molar-refractivity contribution in [3.8, 4) is 0 Å². The third-order valence-corrected chi connectivity index (χ3v) is 2.30. The number of nitrogens with zero attached hydrogens (tertiary/aromatic N) is 1. The molecule has 0 spiro atoms. The van der Waals surface area contributed by atoms with Crippen molar-refractivity contribution >= 4 is 23.0 Å². The Morgan fingerprint density at radius 3 is 2.21 bits per heavy atom. The molecule has 4 heteroatoms. The number of thiocarbonyl (C=S) groups is 1. The zero-order chi connectivity index (χ0) is 11.0. The SMILES string of the molecule is CCCC(CCC)/C(C)=N\NC(N)=S. The Morgan fingerprint density at radius 2 is 1.86 bits per heavy atom. The minimum Gasteiger partial charge on any atom is -0.375 e. The molecule has 0 aliphatic carbocycles. The van der Waals surface area contributed by atoms with Crippen LogP contribution in [0, 0.1) is 5.92 Å². The van der Waals surface area contributed by atoms with E-state index in [1.54, 1.807) is 0 Å². The van der Waals surface area contributed by atoms with Crippen molar-refractivity contribution in [2.45, 2.75) is 46.5 Å². The molecule has 0 fully saturated rings. The molecule has 0 rings (SSSR count).